The van der Waals surface area contributed by atoms with Crippen molar-refractivity contribution in [3.63, 3.8) is 0 Å². The minimum atomic E-state index is -0.339. The van der Waals surface area contributed by atoms with Crippen LogP contribution in [0.15, 0.2) is 24.3 Å². The largest absolute Gasteiger partial charge is 0.462 e. The van der Waals surface area contributed by atoms with Crippen LogP contribution in [-0.2, 0) is 9.47 Å². The molecule has 0 spiro atoms. The first-order valence-electron chi connectivity index (χ1n) is 7.61. The lowest BCUT2D eigenvalue weighted by Crippen LogP contribution is -2.13. The van der Waals surface area contributed by atoms with Gasteiger partial charge in [0, 0.05) is 0 Å². The zero-order chi connectivity index (χ0) is 15.1. The van der Waals surface area contributed by atoms with E-state index in [-0.39, 0.29) is 11.9 Å². The molecular weight excluding hydrogens is 268 g/mol. The maximum absolute atomic E-state index is 11.9. The van der Waals surface area contributed by atoms with Crippen molar-refractivity contribution in [1.82, 2.24) is 0 Å². The number of ether oxygens (including phenoxy) is 2. The Hall–Kier alpha value is -1.84. The Kier molecular flexibility index (Phi) is 5.78. The third-order valence-electron chi connectivity index (χ3n) is 3.68. The average Bonchev–Trinajstić information content (AvgIpc) is 2.50. The molecule has 0 N–H and O–H groups in total. The summed E-state index contributed by atoms with van der Waals surface area (Å²) in [5.74, 6) is -0.302. The van der Waals surface area contributed by atoms with Crippen LogP contribution in [0.1, 0.15) is 59.7 Å². The number of carbonyl (C=O) groups excluding carboxylic acids is 2. The van der Waals surface area contributed by atoms with E-state index in [2.05, 4.69) is 6.92 Å². The van der Waals surface area contributed by atoms with E-state index in [9.17, 15) is 9.59 Å². The molecule has 0 aliphatic carbocycles. The highest BCUT2D eigenvalue weighted by atomic mass is 16.5. The average molecular weight is 290 g/mol. The minimum absolute atomic E-state index is 0.337. The van der Waals surface area contributed by atoms with Crippen LogP contribution in [0.3, 0.4) is 0 Å². The second-order valence-electron chi connectivity index (χ2n) is 5.62. The summed E-state index contributed by atoms with van der Waals surface area (Å²) < 4.78 is 10.5. The zero-order valence-corrected chi connectivity index (χ0v) is 12.5. The molecule has 114 valence electrons. The van der Waals surface area contributed by atoms with Gasteiger partial charge in [-0.15, -0.1) is 0 Å². The van der Waals surface area contributed by atoms with Gasteiger partial charge in [-0.2, -0.15) is 0 Å². The maximum Gasteiger partial charge on any atom is 0.338 e. The predicted molar refractivity (Wildman–Crippen MR) is 79.3 cm³/mol. The molecule has 2 bridgehead atoms. The lowest BCUT2D eigenvalue weighted by molar-refractivity contribution is 0.0436. The van der Waals surface area contributed by atoms with E-state index in [0.717, 1.165) is 32.1 Å². The molecule has 4 nitrogen and oxygen atoms in total. The lowest BCUT2D eigenvalue weighted by atomic mass is 10.0. The number of rotatable bonds is 0. The molecular formula is C17H22O4. The summed E-state index contributed by atoms with van der Waals surface area (Å²) >= 11 is 0. The van der Waals surface area contributed by atoms with Gasteiger partial charge in [0.05, 0.1) is 24.3 Å². The molecule has 1 unspecified atom stereocenters. The SMILES string of the molecule is CC1CCCCCCOC(=O)c2ccc(cc2)C(=O)OC1. The standard InChI is InChI=1S/C17H22O4/c1-13-6-4-2-3-5-11-20-16(18)14-7-9-15(10-8-14)17(19)21-12-13/h7-10,13H,2-6,11-12H2,1H3. The molecule has 21 heavy (non-hydrogen) atoms. The third-order valence-corrected chi connectivity index (χ3v) is 3.68. The Morgan fingerprint density at radius 3 is 2.10 bits per heavy atom. The number of benzene rings is 1. The van der Waals surface area contributed by atoms with Crippen LogP contribution in [0.5, 0.6) is 0 Å². The summed E-state index contributed by atoms with van der Waals surface area (Å²) in [5, 5.41) is 0. The molecule has 0 amide bonds. The van der Waals surface area contributed by atoms with Crippen molar-refractivity contribution in [2.45, 2.75) is 39.0 Å². The Labute approximate surface area is 125 Å². The number of fused-ring (bicyclic) bond motifs is 13. The van der Waals surface area contributed by atoms with Gasteiger partial charge in [0.2, 0.25) is 0 Å². The second kappa shape index (κ2) is 7.81. The maximum atomic E-state index is 11.9. The smallest absolute Gasteiger partial charge is 0.338 e. The van der Waals surface area contributed by atoms with E-state index < -0.39 is 0 Å². The highest BCUT2D eigenvalue weighted by molar-refractivity contribution is 5.93. The van der Waals surface area contributed by atoms with Crippen LogP contribution in [0.4, 0.5) is 0 Å². The fourth-order valence-electron chi connectivity index (χ4n) is 2.32. The molecule has 1 aromatic rings. The van der Waals surface area contributed by atoms with Crippen molar-refractivity contribution < 1.29 is 19.1 Å². The molecule has 2 aliphatic rings. The second-order valence-corrected chi connectivity index (χ2v) is 5.62. The molecule has 0 aromatic heterocycles. The first-order valence-corrected chi connectivity index (χ1v) is 7.61. The first kappa shape index (κ1) is 15.5. The van der Waals surface area contributed by atoms with Gasteiger partial charge in [-0.05, 0) is 43.0 Å². The summed E-state index contributed by atoms with van der Waals surface area (Å²) in [6, 6.07) is 6.42. The number of esters is 2. The van der Waals surface area contributed by atoms with E-state index in [0.29, 0.717) is 30.3 Å². The van der Waals surface area contributed by atoms with Crippen molar-refractivity contribution in [3.8, 4) is 0 Å². The molecule has 0 saturated carbocycles. The van der Waals surface area contributed by atoms with Crippen molar-refractivity contribution in [1.29, 1.82) is 0 Å². The van der Waals surface area contributed by atoms with Crippen molar-refractivity contribution in [2.75, 3.05) is 13.2 Å². The fourth-order valence-corrected chi connectivity index (χ4v) is 2.32. The summed E-state index contributed by atoms with van der Waals surface area (Å²) in [4.78, 5) is 23.7. The number of carbonyl (C=O) groups is 2. The summed E-state index contributed by atoms with van der Waals surface area (Å²) in [5.41, 5.74) is 0.929. The molecule has 0 fully saturated rings. The molecule has 3 rings (SSSR count). The molecule has 2 aliphatic heterocycles. The number of hydrogen-bond donors (Lipinski definition) is 0. The van der Waals surface area contributed by atoms with Crippen molar-refractivity contribution in [2.24, 2.45) is 5.92 Å². The van der Waals surface area contributed by atoms with Crippen LogP contribution in [0.25, 0.3) is 0 Å². The first-order chi connectivity index (χ1) is 10.2. The Morgan fingerprint density at radius 2 is 1.43 bits per heavy atom. The third kappa shape index (κ3) is 4.88. The van der Waals surface area contributed by atoms with E-state index in [4.69, 9.17) is 9.47 Å². The summed E-state index contributed by atoms with van der Waals surface area (Å²) in [6.07, 6.45) is 5.22. The molecule has 0 saturated heterocycles. The van der Waals surface area contributed by atoms with E-state index in [1.165, 1.54) is 0 Å². The van der Waals surface area contributed by atoms with Gasteiger partial charge in [-0.3, -0.25) is 0 Å². The van der Waals surface area contributed by atoms with Crippen LogP contribution in [-0.4, -0.2) is 25.2 Å². The summed E-state index contributed by atoms with van der Waals surface area (Å²) in [7, 11) is 0. The van der Waals surface area contributed by atoms with E-state index >= 15 is 0 Å². The van der Waals surface area contributed by atoms with Crippen LogP contribution < -0.4 is 0 Å². The van der Waals surface area contributed by atoms with Gasteiger partial charge in [0.1, 0.15) is 0 Å². The highest BCUT2D eigenvalue weighted by Gasteiger charge is 2.13. The quantitative estimate of drug-likeness (QED) is 0.685. The number of hydrogen-bond acceptors (Lipinski definition) is 4. The minimum Gasteiger partial charge on any atom is -0.462 e. The van der Waals surface area contributed by atoms with E-state index in [1.807, 2.05) is 0 Å². The lowest BCUT2D eigenvalue weighted by Gasteiger charge is -2.13. The van der Waals surface area contributed by atoms with Crippen molar-refractivity contribution >= 4 is 11.9 Å². The van der Waals surface area contributed by atoms with Crippen LogP contribution in [0.2, 0.25) is 0 Å². The van der Waals surface area contributed by atoms with Gasteiger partial charge in [0.25, 0.3) is 0 Å². The van der Waals surface area contributed by atoms with Crippen molar-refractivity contribution in [3.05, 3.63) is 35.4 Å². The van der Waals surface area contributed by atoms with Crippen LogP contribution in [0, 0.1) is 5.92 Å². The summed E-state index contributed by atoms with van der Waals surface area (Å²) in [6.45, 7) is 3.00. The van der Waals surface area contributed by atoms with Gasteiger partial charge in [-0.1, -0.05) is 26.2 Å². The fraction of sp³-hybridized carbons (Fsp3) is 0.529. The molecule has 1 atom stereocenters. The molecule has 0 radical (unpaired) electrons. The topological polar surface area (TPSA) is 52.6 Å². The van der Waals surface area contributed by atoms with Gasteiger partial charge < -0.3 is 9.47 Å². The monoisotopic (exact) mass is 290 g/mol. The predicted octanol–water partition coefficient (Wildman–Crippen LogP) is 3.60. The highest BCUT2D eigenvalue weighted by Crippen LogP contribution is 2.14. The van der Waals surface area contributed by atoms with E-state index in [1.54, 1.807) is 24.3 Å². The molecule has 2 heterocycles. The Balaban J connectivity index is 2.06. The zero-order valence-electron chi connectivity index (χ0n) is 12.5. The Morgan fingerprint density at radius 1 is 0.857 bits per heavy atom. The van der Waals surface area contributed by atoms with Crippen LogP contribution >= 0.6 is 0 Å². The molecule has 4 heteroatoms. The Bertz CT molecular complexity index is 478. The van der Waals surface area contributed by atoms with Gasteiger partial charge in [0.15, 0.2) is 0 Å². The van der Waals surface area contributed by atoms with Gasteiger partial charge in [-0.25, -0.2) is 9.59 Å². The normalized spacial score (nSPS) is 21.7. The van der Waals surface area contributed by atoms with Gasteiger partial charge >= 0.3 is 11.9 Å². The molecule has 1 aromatic carbocycles.